The molecule has 3 N–H and O–H groups in total. The molecule has 17 heavy (non-hydrogen) atoms. The fourth-order valence-electron chi connectivity index (χ4n) is 2.45. The number of carbonyl (C=O) groups is 1. The molecule has 3 nitrogen and oxygen atoms in total. The van der Waals surface area contributed by atoms with E-state index in [2.05, 4.69) is 18.5 Å². The summed E-state index contributed by atoms with van der Waals surface area (Å²) >= 11 is 1.84. The molecule has 0 aromatic carbocycles. The van der Waals surface area contributed by atoms with Crippen LogP contribution in [0.1, 0.15) is 45.4 Å². The van der Waals surface area contributed by atoms with Crippen molar-refractivity contribution in [2.75, 3.05) is 19.3 Å². The second kappa shape index (κ2) is 7.27. The van der Waals surface area contributed by atoms with Crippen molar-refractivity contribution >= 4 is 17.7 Å². The lowest BCUT2D eigenvalue weighted by atomic mass is 9.73. The maximum absolute atomic E-state index is 12.2. The number of amides is 1. The van der Waals surface area contributed by atoms with E-state index in [1.54, 1.807) is 0 Å². The Morgan fingerprint density at radius 3 is 2.59 bits per heavy atom. The van der Waals surface area contributed by atoms with Gasteiger partial charge >= 0.3 is 0 Å². The van der Waals surface area contributed by atoms with Gasteiger partial charge in [-0.2, -0.15) is 11.8 Å². The van der Waals surface area contributed by atoms with Gasteiger partial charge in [-0.1, -0.05) is 26.2 Å². The predicted molar refractivity (Wildman–Crippen MR) is 75.2 cm³/mol. The van der Waals surface area contributed by atoms with Crippen LogP contribution in [0.3, 0.4) is 0 Å². The minimum atomic E-state index is -0.263. The average molecular weight is 258 g/mol. The van der Waals surface area contributed by atoms with Crippen molar-refractivity contribution in [3.63, 3.8) is 0 Å². The monoisotopic (exact) mass is 258 g/mol. The van der Waals surface area contributed by atoms with E-state index in [0.29, 0.717) is 11.8 Å². The van der Waals surface area contributed by atoms with Crippen molar-refractivity contribution < 1.29 is 4.79 Å². The minimum Gasteiger partial charge on any atom is -0.356 e. The normalized spacial score (nSPS) is 20.9. The highest BCUT2D eigenvalue weighted by molar-refractivity contribution is 7.99. The molecular weight excluding hydrogens is 232 g/mol. The highest BCUT2D eigenvalue weighted by Gasteiger charge is 2.37. The van der Waals surface area contributed by atoms with Gasteiger partial charge in [0, 0.05) is 18.3 Å². The van der Waals surface area contributed by atoms with Gasteiger partial charge in [-0.15, -0.1) is 0 Å². The summed E-state index contributed by atoms with van der Waals surface area (Å²) < 4.78 is 0. The predicted octanol–water partition coefficient (Wildman–Crippen LogP) is 2.15. The molecule has 0 aromatic rings. The highest BCUT2D eigenvalue weighted by atomic mass is 32.2. The zero-order chi connectivity index (χ0) is 12.7. The van der Waals surface area contributed by atoms with E-state index in [1.165, 1.54) is 6.42 Å². The van der Waals surface area contributed by atoms with Crippen molar-refractivity contribution in [3.8, 4) is 0 Å². The third-order valence-corrected chi connectivity index (χ3v) is 4.96. The van der Waals surface area contributed by atoms with E-state index >= 15 is 0 Å². The van der Waals surface area contributed by atoms with E-state index in [4.69, 9.17) is 5.73 Å². The molecule has 1 atom stereocenters. The molecule has 0 heterocycles. The van der Waals surface area contributed by atoms with Gasteiger partial charge in [-0.3, -0.25) is 4.79 Å². The number of carbonyl (C=O) groups excluding carboxylic acids is 1. The van der Waals surface area contributed by atoms with Gasteiger partial charge in [0.1, 0.15) is 0 Å². The Hall–Kier alpha value is -0.220. The topological polar surface area (TPSA) is 55.1 Å². The molecule has 0 bridgehead atoms. The van der Waals surface area contributed by atoms with Crippen LogP contribution in [0.25, 0.3) is 0 Å². The lowest BCUT2D eigenvalue weighted by Gasteiger charge is -2.34. The highest BCUT2D eigenvalue weighted by Crippen LogP contribution is 2.35. The van der Waals surface area contributed by atoms with Crippen LogP contribution in [0.4, 0.5) is 0 Å². The number of hydrogen-bond acceptors (Lipinski definition) is 3. The van der Waals surface area contributed by atoms with Crippen molar-refractivity contribution in [2.45, 2.75) is 50.7 Å². The van der Waals surface area contributed by atoms with Crippen LogP contribution in [-0.4, -0.2) is 30.5 Å². The molecule has 1 unspecified atom stereocenters. The van der Waals surface area contributed by atoms with E-state index in [1.807, 2.05) is 11.8 Å². The summed E-state index contributed by atoms with van der Waals surface area (Å²) in [5.74, 6) is 0.188. The van der Waals surface area contributed by atoms with Gasteiger partial charge in [0.05, 0.1) is 5.41 Å². The first-order valence-corrected chi connectivity index (χ1v) is 7.94. The molecule has 1 amide bonds. The lowest BCUT2D eigenvalue weighted by Crippen LogP contribution is -2.47. The number of thioether (sulfide) groups is 1. The zero-order valence-corrected chi connectivity index (χ0v) is 11.9. The SMILES string of the molecule is CSC(C)CCNC(=O)C1(CN)CCCCC1. The number of nitrogens with two attached hydrogens (primary N) is 1. The fourth-order valence-corrected chi connectivity index (χ4v) is 2.80. The van der Waals surface area contributed by atoms with Gasteiger partial charge in [0.2, 0.25) is 5.91 Å². The van der Waals surface area contributed by atoms with E-state index < -0.39 is 0 Å². The molecule has 1 aliphatic carbocycles. The summed E-state index contributed by atoms with van der Waals surface area (Å²) in [7, 11) is 0. The Labute approximate surface area is 109 Å². The molecule has 0 saturated heterocycles. The summed E-state index contributed by atoms with van der Waals surface area (Å²) in [5, 5.41) is 3.68. The summed E-state index contributed by atoms with van der Waals surface area (Å²) in [6.45, 7) is 3.47. The van der Waals surface area contributed by atoms with Crippen molar-refractivity contribution in [1.29, 1.82) is 0 Å². The second-order valence-electron chi connectivity index (χ2n) is 5.14. The molecule has 1 rings (SSSR count). The van der Waals surface area contributed by atoms with E-state index in [-0.39, 0.29) is 11.3 Å². The van der Waals surface area contributed by atoms with Crippen molar-refractivity contribution in [2.24, 2.45) is 11.1 Å². The summed E-state index contributed by atoms with van der Waals surface area (Å²) in [4.78, 5) is 12.2. The molecule has 0 spiro atoms. The maximum Gasteiger partial charge on any atom is 0.227 e. The van der Waals surface area contributed by atoms with Crippen LogP contribution in [0, 0.1) is 5.41 Å². The lowest BCUT2D eigenvalue weighted by molar-refractivity contribution is -0.132. The third kappa shape index (κ3) is 4.18. The number of hydrogen-bond donors (Lipinski definition) is 2. The molecule has 1 aliphatic rings. The Balaban J connectivity index is 2.38. The molecule has 100 valence electrons. The molecule has 0 aromatic heterocycles. The molecule has 0 aliphatic heterocycles. The average Bonchev–Trinajstić information content (AvgIpc) is 2.39. The summed E-state index contributed by atoms with van der Waals surface area (Å²) in [5.41, 5.74) is 5.57. The third-order valence-electron chi connectivity index (χ3n) is 3.92. The Morgan fingerprint density at radius 1 is 1.41 bits per heavy atom. The van der Waals surface area contributed by atoms with Crippen LogP contribution in [0.15, 0.2) is 0 Å². The quantitative estimate of drug-likeness (QED) is 0.767. The van der Waals surface area contributed by atoms with Gasteiger partial charge in [0.25, 0.3) is 0 Å². The van der Waals surface area contributed by atoms with Crippen LogP contribution in [0.2, 0.25) is 0 Å². The Kier molecular flexibility index (Phi) is 6.34. The first kappa shape index (κ1) is 14.8. The van der Waals surface area contributed by atoms with Gasteiger partial charge in [-0.25, -0.2) is 0 Å². The van der Waals surface area contributed by atoms with Gasteiger partial charge in [-0.05, 0) is 25.5 Å². The second-order valence-corrected chi connectivity index (χ2v) is 6.41. The maximum atomic E-state index is 12.2. The molecule has 1 saturated carbocycles. The molecule has 0 radical (unpaired) electrons. The number of rotatable bonds is 6. The standard InChI is InChI=1S/C13H26N2OS/c1-11(17-2)6-9-15-12(16)13(10-14)7-4-3-5-8-13/h11H,3-10,14H2,1-2H3,(H,15,16). The Morgan fingerprint density at radius 2 is 2.06 bits per heavy atom. The minimum absolute atomic E-state index is 0.188. The first-order chi connectivity index (χ1) is 8.14. The van der Waals surface area contributed by atoms with Gasteiger partial charge in [0.15, 0.2) is 0 Å². The largest absolute Gasteiger partial charge is 0.356 e. The van der Waals surface area contributed by atoms with Crippen LogP contribution in [-0.2, 0) is 4.79 Å². The van der Waals surface area contributed by atoms with Gasteiger partial charge < -0.3 is 11.1 Å². The Bertz CT molecular complexity index is 240. The van der Waals surface area contributed by atoms with Crippen LogP contribution < -0.4 is 11.1 Å². The van der Waals surface area contributed by atoms with E-state index in [9.17, 15) is 4.79 Å². The van der Waals surface area contributed by atoms with Crippen LogP contribution in [0.5, 0.6) is 0 Å². The fraction of sp³-hybridized carbons (Fsp3) is 0.923. The van der Waals surface area contributed by atoms with E-state index in [0.717, 1.165) is 38.6 Å². The molecular formula is C13H26N2OS. The van der Waals surface area contributed by atoms with Crippen molar-refractivity contribution in [1.82, 2.24) is 5.32 Å². The molecule has 4 heteroatoms. The van der Waals surface area contributed by atoms with Crippen LogP contribution >= 0.6 is 11.8 Å². The summed E-state index contributed by atoms with van der Waals surface area (Å²) in [6.07, 6.45) is 8.61. The number of nitrogens with one attached hydrogen (secondary N) is 1. The first-order valence-electron chi connectivity index (χ1n) is 6.66. The summed E-state index contributed by atoms with van der Waals surface area (Å²) in [6, 6.07) is 0. The van der Waals surface area contributed by atoms with Crippen molar-refractivity contribution in [3.05, 3.63) is 0 Å². The zero-order valence-electron chi connectivity index (χ0n) is 11.1. The molecule has 1 fully saturated rings. The smallest absolute Gasteiger partial charge is 0.227 e.